The van der Waals surface area contributed by atoms with Crippen molar-refractivity contribution in [1.82, 2.24) is 0 Å². The van der Waals surface area contributed by atoms with Crippen LogP contribution < -0.4 is 5.73 Å². The van der Waals surface area contributed by atoms with E-state index >= 15 is 0 Å². The normalized spacial score (nSPS) is 24.6. The van der Waals surface area contributed by atoms with Crippen LogP contribution in [0.15, 0.2) is 36.4 Å². The van der Waals surface area contributed by atoms with Crippen LogP contribution in [0, 0.1) is 5.92 Å². The first-order valence-corrected chi connectivity index (χ1v) is 5.91. The van der Waals surface area contributed by atoms with E-state index in [0.29, 0.717) is 18.6 Å². The molecule has 86 valence electrons. The average molecular weight is 217 g/mol. The van der Waals surface area contributed by atoms with Gasteiger partial charge in [-0.2, -0.15) is 0 Å². The zero-order valence-electron chi connectivity index (χ0n) is 9.51. The molecule has 1 aliphatic carbocycles. The van der Waals surface area contributed by atoms with Gasteiger partial charge >= 0.3 is 0 Å². The Morgan fingerprint density at radius 2 is 2.00 bits per heavy atom. The molecule has 16 heavy (non-hydrogen) atoms. The minimum atomic E-state index is 0.439. The van der Waals surface area contributed by atoms with Crippen molar-refractivity contribution in [1.29, 1.82) is 0 Å². The Bertz CT molecular complexity index is 328. The van der Waals surface area contributed by atoms with Crippen LogP contribution in [-0.4, -0.2) is 19.3 Å². The molecule has 2 heteroatoms. The molecular weight excluding hydrogens is 198 g/mol. The second kappa shape index (κ2) is 5.83. The summed E-state index contributed by atoms with van der Waals surface area (Å²) < 4.78 is 5.69. The van der Waals surface area contributed by atoms with E-state index in [9.17, 15) is 0 Å². The maximum atomic E-state index is 5.69. The van der Waals surface area contributed by atoms with Gasteiger partial charge in [0.25, 0.3) is 0 Å². The monoisotopic (exact) mass is 217 g/mol. The molecule has 0 aliphatic heterocycles. The number of nitrogens with two attached hydrogens (primary N) is 1. The van der Waals surface area contributed by atoms with E-state index in [-0.39, 0.29) is 0 Å². The third-order valence-electron chi connectivity index (χ3n) is 3.06. The fourth-order valence-corrected chi connectivity index (χ4v) is 1.94. The van der Waals surface area contributed by atoms with Gasteiger partial charge in [0.2, 0.25) is 0 Å². The first-order valence-electron chi connectivity index (χ1n) is 5.91. The summed E-state index contributed by atoms with van der Waals surface area (Å²) in [6, 6.07) is 10.3. The molecule has 0 amide bonds. The van der Waals surface area contributed by atoms with Crippen molar-refractivity contribution in [2.75, 3.05) is 13.2 Å². The van der Waals surface area contributed by atoms with Gasteiger partial charge in [-0.05, 0) is 30.9 Å². The molecule has 0 unspecified atom stereocenters. The largest absolute Gasteiger partial charge is 0.374 e. The average Bonchev–Trinajstić information content (AvgIpc) is 2.28. The van der Waals surface area contributed by atoms with Gasteiger partial charge in [-0.25, -0.2) is 0 Å². The van der Waals surface area contributed by atoms with Gasteiger partial charge in [0.1, 0.15) is 0 Å². The summed E-state index contributed by atoms with van der Waals surface area (Å²) >= 11 is 0. The minimum Gasteiger partial charge on any atom is -0.374 e. The van der Waals surface area contributed by atoms with Crippen molar-refractivity contribution < 1.29 is 4.74 Å². The van der Waals surface area contributed by atoms with Gasteiger partial charge in [-0.3, -0.25) is 0 Å². The van der Waals surface area contributed by atoms with Crippen LogP contribution in [0.4, 0.5) is 0 Å². The lowest BCUT2D eigenvalue weighted by atomic mass is 9.82. The maximum absolute atomic E-state index is 5.69. The van der Waals surface area contributed by atoms with Gasteiger partial charge in [-0.1, -0.05) is 42.5 Å². The van der Waals surface area contributed by atoms with Gasteiger partial charge in [0.15, 0.2) is 0 Å². The maximum Gasteiger partial charge on any atom is 0.0654 e. The standard InChI is InChI=1S/C14H19NO/c15-11-13-9-14(10-13)16-8-4-7-12-5-2-1-3-6-12/h1-7,13-14H,8-11,15H2. The summed E-state index contributed by atoms with van der Waals surface area (Å²) in [7, 11) is 0. The molecule has 1 fully saturated rings. The molecule has 0 bridgehead atoms. The molecule has 2 N–H and O–H groups in total. The molecule has 0 spiro atoms. The van der Waals surface area contributed by atoms with Crippen molar-refractivity contribution >= 4 is 6.08 Å². The van der Waals surface area contributed by atoms with E-state index in [1.165, 1.54) is 5.56 Å². The Balaban J connectivity index is 1.64. The molecule has 1 saturated carbocycles. The van der Waals surface area contributed by atoms with Gasteiger partial charge in [0, 0.05) is 0 Å². The molecule has 0 saturated heterocycles. The van der Waals surface area contributed by atoms with Crippen LogP contribution in [0.3, 0.4) is 0 Å². The molecule has 0 heterocycles. The van der Waals surface area contributed by atoms with E-state index < -0.39 is 0 Å². The first-order chi connectivity index (χ1) is 7.88. The Morgan fingerprint density at radius 3 is 2.69 bits per heavy atom. The Kier molecular flexibility index (Phi) is 4.14. The number of hydrogen-bond donors (Lipinski definition) is 1. The molecule has 2 rings (SSSR count). The molecule has 0 radical (unpaired) electrons. The van der Waals surface area contributed by atoms with Crippen LogP contribution >= 0.6 is 0 Å². The van der Waals surface area contributed by atoms with E-state index in [1.54, 1.807) is 0 Å². The minimum absolute atomic E-state index is 0.439. The molecule has 1 aromatic carbocycles. The predicted molar refractivity (Wildman–Crippen MR) is 67.0 cm³/mol. The Morgan fingerprint density at radius 1 is 1.25 bits per heavy atom. The first kappa shape index (κ1) is 11.4. The van der Waals surface area contributed by atoms with Gasteiger partial charge in [0.05, 0.1) is 12.7 Å². The number of benzene rings is 1. The smallest absolute Gasteiger partial charge is 0.0654 e. The highest BCUT2D eigenvalue weighted by Gasteiger charge is 2.27. The highest BCUT2D eigenvalue weighted by Crippen LogP contribution is 2.28. The van der Waals surface area contributed by atoms with Crippen molar-refractivity contribution in [3.63, 3.8) is 0 Å². The van der Waals surface area contributed by atoms with Gasteiger partial charge < -0.3 is 10.5 Å². The summed E-state index contributed by atoms with van der Waals surface area (Å²) in [6.45, 7) is 1.51. The lowest BCUT2D eigenvalue weighted by Crippen LogP contribution is -2.35. The van der Waals surface area contributed by atoms with Crippen molar-refractivity contribution in [2.24, 2.45) is 11.7 Å². The van der Waals surface area contributed by atoms with E-state index in [2.05, 4.69) is 24.3 Å². The zero-order valence-corrected chi connectivity index (χ0v) is 9.51. The van der Waals surface area contributed by atoms with Crippen molar-refractivity contribution in [2.45, 2.75) is 18.9 Å². The summed E-state index contributed by atoms with van der Waals surface area (Å²) in [4.78, 5) is 0. The second-order valence-electron chi connectivity index (χ2n) is 4.34. The topological polar surface area (TPSA) is 35.2 Å². The number of ether oxygens (including phenoxy) is 1. The third kappa shape index (κ3) is 3.19. The Hall–Kier alpha value is -1.12. The van der Waals surface area contributed by atoms with Crippen LogP contribution in [0.1, 0.15) is 18.4 Å². The van der Waals surface area contributed by atoms with E-state index in [4.69, 9.17) is 10.5 Å². The van der Waals surface area contributed by atoms with Crippen LogP contribution in [0.25, 0.3) is 6.08 Å². The molecular formula is C14H19NO. The zero-order chi connectivity index (χ0) is 11.2. The van der Waals surface area contributed by atoms with E-state index in [0.717, 1.165) is 19.4 Å². The molecule has 1 aromatic rings. The number of rotatable bonds is 5. The summed E-state index contributed by atoms with van der Waals surface area (Å²) in [5.41, 5.74) is 6.78. The summed E-state index contributed by atoms with van der Waals surface area (Å²) in [5, 5.41) is 0. The van der Waals surface area contributed by atoms with E-state index in [1.807, 2.05) is 18.2 Å². The lowest BCUT2D eigenvalue weighted by molar-refractivity contribution is -0.0140. The fourth-order valence-electron chi connectivity index (χ4n) is 1.94. The number of hydrogen-bond acceptors (Lipinski definition) is 2. The molecule has 1 aliphatic rings. The highest BCUT2D eigenvalue weighted by molar-refractivity contribution is 5.48. The van der Waals surface area contributed by atoms with Crippen molar-refractivity contribution in [3.05, 3.63) is 42.0 Å². The molecule has 0 atom stereocenters. The quantitative estimate of drug-likeness (QED) is 0.822. The predicted octanol–water partition coefficient (Wildman–Crippen LogP) is 2.45. The fraction of sp³-hybridized carbons (Fsp3) is 0.429. The summed E-state index contributed by atoms with van der Waals surface area (Å²) in [6.07, 6.45) is 6.88. The Labute approximate surface area is 97.1 Å². The molecule has 0 aromatic heterocycles. The SMILES string of the molecule is NCC1CC(OCC=Cc2ccccc2)C1. The van der Waals surface area contributed by atoms with Crippen LogP contribution in [0.5, 0.6) is 0 Å². The van der Waals surface area contributed by atoms with Crippen LogP contribution in [-0.2, 0) is 4.74 Å². The van der Waals surface area contributed by atoms with Crippen LogP contribution in [0.2, 0.25) is 0 Å². The summed E-state index contributed by atoms with van der Waals surface area (Å²) in [5.74, 6) is 0.697. The molecule has 2 nitrogen and oxygen atoms in total. The van der Waals surface area contributed by atoms with Crippen molar-refractivity contribution in [3.8, 4) is 0 Å². The van der Waals surface area contributed by atoms with Gasteiger partial charge in [-0.15, -0.1) is 0 Å². The third-order valence-corrected chi connectivity index (χ3v) is 3.06. The second-order valence-corrected chi connectivity index (χ2v) is 4.34. The lowest BCUT2D eigenvalue weighted by Gasteiger charge is -2.33. The highest BCUT2D eigenvalue weighted by atomic mass is 16.5.